The normalized spacial score (nSPS) is 13.5. The highest BCUT2D eigenvalue weighted by molar-refractivity contribution is 6.02. The lowest BCUT2D eigenvalue weighted by atomic mass is 9.83. The van der Waals surface area contributed by atoms with Crippen LogP contribution in [0.2, 0.25) is 0 Å². The second-order valence-electron chi connectivity index (χ2n) is 16.7. The summed E-state index contributed by atoms with van der Waals surface area (Å²) < 4.78 is 5.74. The Hall–Kier alpha value is -6.99. The van der Waals surface area contributed by atoms with E-state index in [1.165, 1.54) is 12.0 Å². The number of nitrogens with one attached hydrogen (secondary N) is 3. The van der Waals surface area contributed by atoms with E-state index in [9.17, 15) is 29.1 Å². The Morgan fingerprint density at radius 2 is 1.02 bits per heavy atom. The van der Waals surface area contributed by atoms with Crippen molar-refractivity contribution in [1.29, 1.82) is 0 Å². The molecule has 0 radical (unpaired) electrons. The van der Waals surface area contributed by atoms with Crippen molar-refractivity contribution in [1.82, 2.24) is 15.3 Å². The first kappa shape index (κ1) is 47.5. The van der Waals surface area contributed by atoms with E-state index in [4.69, 9.17) is 6.48 Å². The lowest BCUT2D eigenvalue weighted by molar-refractivity contribution is -0.143. The molecule has 0 bridgehead atoms. The van der Waals surface area contributed by atoms with Gasteiger partial charge < -0.3 is 25.5 Å². The van der Waals surface area contributed by atoms with E-state index >= 15 is 0 Å². The second kappa shape index (κ2) is 23.6. The third-order valence-electron chi connectivity index (χ3n) is 12.7. The molecule has 5 N–H and O–H groups in total. The number of para-hydroxylation sites is 1. The van der Waals surface area contributed by atoms with Crippen LogP contribution in [0.1, 0.15) is 109 Å². The molecule has 5 aromatic carbocycles. The smallest absolute Gasteiger partial charge is 0.306 e. The van der Waals surface area contributed by atoms with Gasteiger partial charge in [0.2, 0.25) is 5.91 Å². The average Bonchev–Trinajstić information content (AvgIpc) is 3.33. The number of carboxylic acid groups (broad SMARTS) is 2. The van der Waals surface area contributed by atoms with Crippen LogP contribution in [-0.2, 0) is 20.9 Å². The minimum Gasteiger partial charge on any atom is -0.481 e. The van der Waals surface area contributed by atoms with Gasteiger partial charge in [-0.25, -0.2) is 0 Å². The van der Waals surface area contributed by atoms with Gasteiger partial charge in [-0.2, -0.15) is 0 Å². The van der Waals surface area contributed by atoms with Crippen LogP contribution in [0.15, 0.2) is 125 Å². The standard InChI is InChI=1S/C39H39N3O5.C14H20O2.C2H2/c1-3-24(15-16-27(39(46)47)19-25(4-2)26-10-6-5-7-11-26)38(45)40-22-23-14-17-33-29(18-23)37(44)31-21-34-30(20-35(31)42-33)36(43)28-12-8-9-13-32(28)41-34;1-3-11(10-12(4-2)14(15)16)13-8-6-5-7-9-13;1-2/h5-14,17-18,20-21,24-25,27H,3-4,15-16,19,22H2,1-2H3,(H,40,45)(H,41,43)(H,42,44)(H,46,47);5-9,11-12H,3-4,10H2,1-2H3,(H,15,16);1-2H/i;;1D. The molecule has 0 saturated carbocycles. The quantitative estimate of drug-likeness (QED) is 0.0422. The Morgan fingerprint density at radius 1 is 0.569 bits per heavy atom. The van der Waals surface area contributed by atoms with Crippen molar-refractivity contribution in [3.8, 4) is 12.8 Å². The molecule has 0 aliphatic rings. The van der Waals surface area contributed by atoms with Crippen molar-refractivity contribution in [2.45, 2.75) is 97.4 Å². The predicted molar refractivity (Wildman–Crippen MR) is 263 cm³/mol. The lowest BCUT2D eigenvalue weighted by Gasteiger charge is -2.22. The van der Waals surface area contributed by atoms with E-state index in [0.29, 0.717) is 81.6 Å². The molecule has 0 aliphatic carbocycles. The number of aromatic nitrogens is 2. The number of pyridine rings is 2. The van der Waals surface area contributed by atoms with Crippen molar-refractivity contribution in [3.63, 3.8) is 0 Å². The van der Waals surface area contributed by atoms with Crippen molar-refractivity contribution < 1.29 is 26.0 Å². The summed E-state index contributed by atoms with van der Waals surface area (Å²) >= 11 is 0. The van der Waals surface area contributed by atoms with Gasteiger partial charge in [-0.15, -0.1) is 12.8 Å². The maximum atomic E-state index is 13.7. The van der Waals surface area contributed by atoms with Gasteiger partial charge >= 0.3 is 11.9 Å². The van der Waals surface area contributed by atoms with Crippen LogP contribution < -0.4 is 16.2 Å². The molecule has 65 heavy (non-hydrogen) atoms. The van der Waals surface area contributed by atoms with Crippen LogP contribution >= 0.6 is 0 Å². The van der Waals surface area contributed by atoms with Crippen LogP contribution in [0.4, 0.5) is 0 Å². The van der Waals surface area contributed by atoms with E-state index in [-0.39, 0.29) is 41.1 Å². The molecule has 338 valence electrons. The van der Waals surface area contributed by atoms with Crippen molar-refractivity contribution in [2.24, 2.45) is 17.8 Å². The van der Waals surface area contributed by atoms with Crippen LogP contribution in [0.5, 0.6) is 0 Å². The SMILES string of the molecule is CCC(CC(CC)c1ccccc1)C(=O)O.CCC(CCC(CC(CC)c1ccccc1)C(=O)O)C(=O)NCc1ccc2[nH]c3cc4c(=O)c5ccccc5[nH]c4cc3c(=O)c2c1.[2H]C#C. The van der Waals surface area contributed by atoms with E-state index in [1.807, 2.05) is 92.7 Å². The van der Waals surface area contributed by atoms with Crippen molar-refractivity contribution >= 4 is 61.5 Å². The van der Waals surface area contributed by atoms with Crippen molar-refractivity contribution in [3.05, 3.63) is 152 Å². The first-order chi connectivity index (χ1) is 31.9. The molecule has 7 aromatic rings. The molecule has 1 amide bonds. The zero-order chi connectivity index (χ0) is 47.8. The molecule has 0 aliphatic heterocycles. The van der Waals surface area contributed by atoms with Crippen LogP contribution in [0.25, 0.3) is 43.6 Å². The monoisotopic (exact) mass is 876 g/mol. The topological polar surface area (TPSA) is 169 Å². The van der Waals surface area contributed by atoms with E-state index in [1.54, 1.807) is 24.3 Å². The molecule has 10 heteroatoms. The number of H-pyrrole nitrogens is 2. The van der Waals surface area contributed by atoms with Gasteiger partial charge in [0.1, 0.15) is 1.37 Å². The Morgan fingerprint density at radius 3 is 1.52 bits per heavy atom. The summed E-state index contributed by atoms with van der Waals surface area (Å²) in [6.45, 7) is 8.32. The number of hydrogen-bond donors (Lipinski definition) is 5. The highest BCUT2D eigenvalue weighted by Gasteiger charge is 2.26. The molecule has 2 heterocycles. The number of benzene rings is 5. The largest absolute Gasteiger partial charge is 0.481 e. The van der Waals surface area contributed by atoms with Crippen LogP contribution in [0, 0.1) is 30.6 Å². The molecular formula is C55H61N3O7. The third-order valence-corrected chi connectivity index (χ3v) is 12.7. The zero-order valence-corrected chi connectivity index (χ0v) is 37.7. The molecule has 2 aromatic heterocycles. The average molecular weight is 877 g/mol. The zero-order valence-electron chi connectivity index (χ0n) is 38.7. The molecule has 10 nitrogen and oxygen atoms in total. The highest BCUT2D eigenvalue weighted by Crippen LogP contribution is 2.31. The maximum absolute atomic E-state index is 13.7. The summed E-state index contributed by atoms with van der Waals surface area (Å²) in [5.41, 5.74) is 5.45. The Labute approximate surface area is 381 Å². The van der Waals surface area contributed by atoms with E-state index in [2.05, 4.69) is 47.7 Å². The Bertz CT molecular complexity index is 2910. The van der Waals surface area contributed by atoms with Gasteiger partial charge in [-0.05, 0) is 116 Å². The molecule has 0 fully saturated rings. The predicted octanol–water partition coefficient (Wildman–Crippen LogP) is 11.3. The first-order valence-electron chi connectivity index (χ1n) is 23.1. The molecular weight excluding hydrogens is 815 g/mol. The Balaban J connectivity index is 0.000000360. The van der Waals surface area contributed by atoms with Gasteiger partial charge in [-0.3, -0.25) is 24.0 Å². The third kappa shape index (κ3) is 12.2. The number of terminal acetylenes is 1. The number of carboxylic acids is 2. The van der Waals surface area contributed by atoms with Gasteiger partial charge in [-0.1, -0.05) is 107 Å². The first-order valence-corrected chi connectivity index (χ1v) is 22.6. The fourth-order valence-electron chi connectivity index (χ4n) is 8.81. The number of aliphatic carboxylic acids is 2. The second-order valence-corrected chi connectivity index (χ2v) is 16.7. The number of amides is 1. The minimum absolute atomic E-state index is 0.0931. The number of carbonyl (C=O) groups excluding carboxylic acids is 1. The van der Waals surface area contributed by atoms with E-state index in [0.717, 1.165) is 30.4 Å². The Kier molecular flexibility index (Phi) is 17.3. The number of carbonyl (C=O) groups is 3. The highest BCUT2D eigenvalue weighted by atomic mass is 16.4. The lowest BCUT2D eigenvalue weighted by Crippen LogP contribution is -2.31. The molecule has 7 rings (SSSR count). The number of fused-ring (bicyclic) bond motifs is 4. The summed E-state index contributed by atoms with van der Waals surface area (Å²) in [6.07, 6.45) is 11.1. The van der Waals surface area contributed by atoms with Crippen LogP contribution in [-0.4, -0.2) is 38.0 Å². The molecule has 5 atom stereocenters. The minimum atomic E-state index is -0.823. The van der Waals surface area contributed by atoms with Crippen molar-refractivity contribution in [2.75, 3.05) is 0 Å². The van der Waals surface area contributed by atoms with Gasteiger partial charge in [0.05, 0.1) is 22.9 Å². The van der Waals surface area contributed by atoms with E-state index < -0.39 is 17.9 Å². The van der Waals surface area contributed by atoms with Gasteiger partial charge in [0.15, 0.2) is 10.9 Å². The number of hydrogen-bond acceptors (Lipinski definition) is 5. The number of aromatic amines is 2. The fraction of sp³-hybridized carbons (Fsp3) is 0.327. The number of rotatable bonds is 18. The summed E-state index contributed by atoms with van der Waals surface area (Å²) in [5.74, 6) is -2.16. The summed E-state index contributed by atoms with van der Waals surface area (Å²) in [4.78, 5) is 69.8. The fourth-order valence-corrected chi connectivity index (χ4v) is 8.81. The van der Waals surface area contributed by atoms with Gasteiger partial charge in [0, 0.05) is 45.0 Å². The molecule has 0 spiro atoms. The van der Waals surface area contributed by atoms with Gasteiger partial charge in [0.25, 0.3) is 0 Å². The molecule has 0 saturated heterocycles. The van der Waals surface area contributed by atoms with Crippen LogP contribution in [0.3, 0.4) is 0 Å². The maximum Gasteiger partial charge on any atom is 0.306 e. The summed E-state index contributed by atoms with van der Waals surface area (Å²) in [7, 11) is 0. The molecule has 5 unspecified atom stereocenters. The summed E-state index contributed by atoms with van der Waals surface area (Å²) in [6, 6.07) is 36.4. The summed E-state index contributed by atoms with van der Waals surface area (Å²) in [5, 5.41) is 24.1.